The molecular weight excluding hydrogens is 460 g/mol. The third-order valence-corrected chi connectivity index (χ3v) is 5.34. The SMILES string of the molecule is CC(C)C[C@H](CO)Nc1nc(NS(C)(=O)=O)nc(SCC(=O)c2ccccc2[N+](=O)[O-])n1. The van der Waals surface area contributed by atoms with E-state index in [2.05, 4.69) is 25.0 Å². The summed E-state index contributed by atoms with van der Waals surface area (Å²) in [6.45, 7) is 3.76. The molecule has 0 saturated carbocycles. The second kappa shape index (κ2) is 11.2. The van der Waals surface area contributed by atoms with Crippen molar-refractivity contribution < 1.29 is 23.2 Å². The molecule has 0 aliphatic rings. The number of thioether (sulfide) groups is 1. The van der Waals surface area contributed by atoms with Gasteiger partial charge in [0, 0.05) is 6.07 Å². The van der Waals surface area contributed by atoms with Crippen molar-refractivity contribution >= 4 is 45.2 Å². The maximum absolute atomic E-state index is 12.5. The number of aliphatic hydroxyl groups excluding tert-OH is 1. The number of anilines is 2. The summed E-state index contributed by atoms with van der Waals surface area (Å²) in [4.78, 5) is 35.2. The number of sulfonamides is 1. The van der Waals surface area contributed by atoms with E-state index < -0.39 is 20.7 Å². The third-order valence-electron chi connectivity index (χ3n) is 3.93. The van der Waals surface area contributed by atoms with Gasteiger partial charge in [-0.1, -0.05) is 37.7 Å². The molecule has 3 N–H and O–H groups in total. The molecule has 0 fully saturated rings. The summed E-state index contributed by atoms with van der Waals surface area (Å²) in [5.41, 5.74) is -0.362. The van der Waals surface area contributed by atoms with Gasteiger partial charge in [-0.15, -0.1) is 0 Å². The van der Waals surface area contributed by atoms with Crippen LogP contribution in [0, 0.1) is 16.0 Å². The molecule has 32 heavy (non-hydrogen) atoms. The normalized spacial score (nSPS) is 12.4. The Kier molecular flexibility index (Phi) is 8.86. The van der Waals surface area contributed by atoms with Gasteiger partial charge in [-0.2, -0.15) is 15.0 Å². The monoisotopic (exact) mass is 484 g/mol. The van der Waals surface area contributed by atoms with Crippen LogP contribution in [0.3, 0.4) is 0 Å². The fourth-order valence-corrected chi connectivity index (χ4v) is 3.84. The molecule has 14 heteroatoms. The van der Waals surface area contributed by atoms with Gasteiger partial charge in [0.25, 0.3) is 5.69 Å². The van der Waals surface area contributed by atoms with Gasteiger partial charge in [-0.05, 0) is 18.4 Å². The zero-order chi connectivity index (χ0) is 23.9. The molecule has 0 amide bonds. The average Bonchev–Trinajstić information content (AvgIpc) is 2.69. The van der Waals surface area contributed by atoms with Crippen LogP contribution in [0.25, 0.3) is 0 Å². The van der Waals surface area contributed by atoms with Crippen LogP contribution in [0.4, 0.5) is 17.6 Å². The predicted molar refractivity (Wildman–Crippen MR) is 120 cm³/mol. The van der Waals surface area contributed by atoms with Gasteiger partial charge in [0.2, 0.25) is 21.9 Å². The number of hydrogen-bond acceptors (Lipinski definition) is 11. The second-order valence-electron chi connectivity index (χ2n) is 7.28. The summed E-state index contributed by atoms with van der Waals surface area (Å²) in [7, 11) is -3.68. The highest BCUT2D eigenvalue weighted by Gasteiger charge is 2.21. The summed E-state index contributed by atoms with van der Waals surface area (Å²) in [6.07, 6.45) is 1.54. The number of carbonyl (C=O) groups excluding carboxylic acids is 1. The zero-order valence-electron chi connectivity index (χ0n) is 17.7. The Morgan fingerprint density at radius 3 is 2.47 bits per heavy atom. The van der Waals surface area contributed by atoms with Crippen molar-refractivity contribution in [2.45, 2.75) is 31.5 Å². The summed E-state index contributed by atoms with van der Waals surface area (Å²) < 4.78 is 25.4. The highest BCUT2D eigenvalue weighted by molar-refractivity contribution is 7.99. The number of aliphatic hydroxyl groups is 1. The lowest BCUT2D eigenvalue weighted by atomic mass is 10.0. The molecule has 1 aromatic heterocycles. The van der Waals surface area contributed by atoms with Crippen LogP contribution in [0.1, 0.15) is 30.6 Å². The molecule has 1 aromatic carbocycles. The van der Waals surface area contributed by atoms with Gasteiger partial charge in [0.1, 0.15) is 0 Å². The van der Waals surface area contributed by atoms with E-state index in [-0.39, 0.29) is 52.6 Å². The molecule has 0 spiro atoms. The fraction of sp³-hybridized carbons (Fsp3) is 0.444. The van der Waals surface area contributed by atoms with Crippen molar-refractivity contribution in [3.05, 3.63) is 39.9 Å². The van der Waals surface area contributed by atoms with Crippen LogP contribution in [0.5, 0.6) is 0 Å². The van der Waals surface area contributed by atoms with Gasteiger partial charge in [0.15, 0.2) is 10.9 Å². The third kappa shape index (κ3) is 8.01. The highest BCUT2D eigenvalue weighted by atomic mass is 32.2. The minimum atomic E-state index is -3.68. The quantitative estimate of drug-likeness (QED) is 0.173. The first-order valence-corrected chi connectivity index (χ1v) is 12.4. The molecule has 2 aromatic rings. The largest absolute Gasteiger partial charge is 0.394 e. The van der Waals surface area contributed by atoms with Crippen LogP contribution in [-0.4, -0.2) is 63.8 Å². The fourth-order valence-electron chi connectivity index (χ4n) is 2.70. The second-order valence-corrected chi connectivity index (χ2v) is 9.97. The van der Waals surface area contributed by atoms with Crippen LogP contribution < -0.4 is 10.0 Å². The van der Waals surface area contributed by atoms with Crippen molar-refractivity contribution in [3.8, 4) is 0 Å². The lowest BCUT2D eigenvalue weighted by Crippen LogP contribution is -2.27. The molecule has 0 saturated heterocycles. The maximum Gasteiger partial charge on any atom is 0.280 e. The molecule has 0 unspecified atom stereocenters. The van der Waals surface area contributed by atoms with E-state index in [0.29, 0.717) is 6.42 Å². The van der Waals surface area contributed by atoms with Gasteiger partial charge in [0.05, 0.1) is 35.1 Å². The van der Waals surface area contributed by atoms with Gasteiger partial charge >= 0.3 is 0 Å². The van der Waals surface area contributed by atoms with E-state index in [9.17, 15) is 28.4 Å². The Bertz CT molecular complexity index is 1080. The molecule has 2 rings (SSSR count). The van der Waals surface area contributed by atoms with Crippen LogP contribution >= 0.6 is 11.8 Å². The molecule has 0 bridgehead atoms. The minimum Gasteiger partial charge on any atom is -0.394 e. The zero-order valence-corrected chi connectivity index (χ0v) is 19.3. The number of para-hydroxylation sites is 1. The number of rotatable bonds is 12. The van der Waals surface area contributed by atoms with Crippen molar-refractivity contribution in [3.63, 3.8) is 0 Å². The number of nitrogens with zero attached hydrogens (tertiary/aromatic N) is 4. The van der Waals surface area contributed by atoms with E-state index in [1.54, 1.807) is 0 Å². The Hall–Kier alpha value is -2.84. The number of aromatic nitrogens is 3. The number of Topliss-reactive ketones (excluding diaryl/α,β-unsaturated/α-hetero) is 1. The first kappa shape index (κ1) is 25.4. The number of nitro benzene ring substituents is 1. The Morgan fingerprint density at radius 2 is 1.88 bits per heavy atom. The summed E-state index contributed by atoms with van der Waals surface area (Å²) in [5, 5.41) is 23.7. The van der Waals surface area contributed by atoms with Crippen LogP contribution in [0.15, 0.2) is 29.4 Å². The lowest BCUT2D eigenvalue weighted by molar-refractivity contribution is -0.385. The van der Waals surface area contributed by atoms with Gasteiger partial charge < -0.3 is 10.4 Å². The van der Waals surface area contributed by atoms with E-state index in [1.807, 2.05) is 13.8 Å². The van der Waals surface area contributed by atoms with Crippen molar-refractivity contribution in [1.29, 1.82) is 0 Å². The number of nitro groups is 1. The predicted octanol–water partition coefficient (Wildman–Crippen LogP) is 1.95. The van der Waals surface area contributed by atoms with Crippen molar-refractivity contribution in [2.75, 3.05) is 28.7 Å². The van der Waals surface area contributed by atoms with E-state index in [0.717, 1.165) is 18.0 Å². The van der Waals surface area contributed by atoms with Gasteiger partial charge in [-0.25, -0.2) is 8.42 Å². The van der Waals surface area contributed by atoms with E-state index >= 15 is 0 Å². The molecule has 0 radical (unpaired) electrons. The van der Waals surface area contributed by atoms with Crippen LogP contribution in [0.2, 0.25) is 0 Å². The Morgan fingerprint density at radius 1 is 1.22 bits per heavy atom. The minimum absolute atomic E-state index is 0.0199. The molecule has 0 aliphatic heterocycles. The summed E-state index contributed by atoms with van der Waals surface area (Å²) in [6, 6.07) is 5.20. The first-order valence-electron chi connectivity index (χ1n) is 9.49. The average molecular weight is 485 g/mol. The van der Waals surface area contributed by atoms with Gasteiger partial charge in [-0.3, -0.25) is 19.6 Å². The number of nitrogens with one attached hydrogen (secondary N) is 2. The summed E-state index contributed by atoms with van der Waals surface area (Å²) in [5.74, 6) is -0.702. The topological polar surface area (TPSA) is 177 Å². The van der Waals surface area contributed by atoms with Crippen molar-refractivity contribution in [2.24, 2.45) is 5.92 Å². The molecule has 1 heterocycles. The number of carbonyl (C=O) groups is 1. The van der Waals surface area contributed by atoms with Crippen LogP contribution in [-0.2, 0) is 10.0 Å². The maximum atomic E-state index is 12.5. The highest BCUT2D eigenvalue weighted by Crippen LogP contribution is 2.23. The number of ketones is 1. The first-order chi connectivity index (χ1) is 15.0. The smallest absolute Gasteiger partial charge is 0.280 e. The Labute approximate surface area is 189 Å². The van der Waals surface area contributed by atoms with E-state index in [1.165, 1.54) is 24.3 Å². The molecule has 1 atom stereocenters. The Balaban J connectivity index is 2.26. The molecule has 174 valence electrons. The lowest BCUT2D eigenvalue weighted by Gasteiger charge is -2.18. The molecule has 12 nitrogen and oxygen atoms in total. The molecular formula is C18H24N6O6S2. The van der Waals surface area contributed by atoms with E-state index in [4.69, 9.17) is 0 Å². The molecule has 0 aliphatic carbocycles. The number of hydrogen-bond donors (Lipinski definition) is 3. The van der Waals surface area contributed by atoms with Crippen molar-refractivity contribution in [1.82, 2.24) is 15.0 Å². The number of benzene rings is 1. The standard InChI is InChI=1S/C18H24N6O6S2/c1-11(2)8-12(9-25)19-16-20-17(23-32(3,29)30)22-18(21-16)31-10-15(26)13-6-4-5-7-14(13)24(27)28/h4-7,11-12,25H,8-10H2,1-3H3,(H2,19,20,21,22,23)/t12-/m1/s1. The summed E-state index contributed by atoms with van der Waals surface area (Å²) >= 11 is 0.875.